The maximum atomic E-state index is 11.5. The molecule has 1 N–H and O–H groups in total. The first kappa shape index (κ1) is 20.3. The molecule has 1 saturated heterocycles. The number of hydrogen-bond donors (Lipinski definition) is 1. The van der Waals surface area contributed by atoms with E-state index in [1.54, 1.807) is 0 Å². The van der Waals surface area contributed by atoms with Crippen LogP contribution < -0.4 is 10.2 Å². The van der Waals surface area contributed by atoms with E-state index in [2.05, 4.69) is 62.3 Å². The van der Waals surface area contributed by atoms with Gasteiger partial charge in [0.25, 0.3) is 0 Å². The second-order valence-corrected chi connectivity index (χ2v) is 7.93. The van der Waals surface area contributed by atoms with Crippen molar-refractivity contribution < 1.29 is 9.53 Å². The number of piperidine rings is 1. The topological polar surface area (TPSA) is 72.3 Å². The van der Waals surface area contributed by atoms with Gasteiger partial charge in [-0.2, -0.15) is 0 Å². The molecule has 3 aromatic rings. The first-order chi connectivity index (χ1) is 14.7. The summed E-state index contributed by atoms with van der Waals surface area (Å²) in [5.74, 6) is 0.947. The second kappa shape index (κ2) is 9.26. The van der Waals surface area contributed by atoms with E-state index in [4.69, 9.17) is 4.74 Å². The molecule has 2 aromatic heterocycles. The van der Waals surface area contributed by atoms with Gasteiger partial charge in [-0.15, -0.1) is 0 Å². The lowest BCUT2D eigenvalue weighted by Crippen LogP contribution is -2.38. The van der Waals surface area contributed by atoms with Gasteiger partial charge in [-0.3, -0.25) is 0 Å². The number of rotatable bonds is 7. The van der Waals surface area contributed by atoms with Crippen LogP contribution in [0.1, 0.15) is 28.8 Å². The van der Waals surface area contributed by atoms with Crippen molar-refractivity contribution in [1.82, 2.24) is 19.9 Å². The molecular formula is C23H29N5O2. The Balaban J connectivity index is 1.21. The van der Waals surface area contributed by atoms with Crippen molar-refractivity contribution in [1.29, 1.82) is 0 Å². The summed E-state index contributed by atoms with van der Waals surface area (Å²) in [6, 6.07) is 8.59. The molecule has 0 radical (unpaired) electrons. The Morgan fingerprint density at radius 3 is 2.67 bits per heavy atom. The summed E-state index contributed by atoms with van der Waals surface area (Å²) < 4.78 is 6.90. The fraction of sp³-hybridized carbons (Fsp3) is 0.435. The van der Waals surface area contributed by atoms with Gasteiger partial charge in [-0.05, 0) is 49.9 Å². The first-order valence-electron chi connectivity index (χ1n) is 10.5. The van der Waals surface area contributed by atoms with Crippen LogP contribution in [0.4, 0.5) is 5.95 Å². The molecule has 7 nitrogen and oxygen atoms in total. The van der Waals surface area contributed by atoms with E-state index in [0.29, 0.717) is 17.4 Å². The molecule has 3 heterocycles. The van der Waals surface area contributed by atoms with Crippen molar-refractivity contribution in [2.75, 3.05) is 38.2 Å². The molecule has 0 aliphatic carbocycles. The van der Waals surface area contributed by atoms with E-state index < -0.39 is 5.97 Å². The number of hydrogen-bond acceptors (Lipinski definition) is 6. The summed E-state index contributed by atoms with van der Waals surface area (Å²) in [7, 11) is 3.47. The van der Waals surface area contributed by atoms with Crippen molar-refractivity contribution in [2.24, 2.45) is 13.0 Å². The smallest absolute Gasteiger partial charge is 0.341 e. The quantitative estimate of drug-likeness (QED) is 0.480. The summed E-state index contributed by atoms with van der Waals surface area (Å²) in [5, 5.41) is 5.00. The number of nitrogens with zero attached hydrogens (tertiary/aromatic N) is 4. The summed E-state index contributed by atoms with van der Waals surface area (Å²) in [4.78, 5) is 22.3. The lowest BCUT2D eigenvalue weighted by atomic mass is 9.97. The zero-order chi connectivity index (χ0) is 20.9. The molecule has 0 atom stereocenters. The molecule has 158 valence electrons. The number of aryl methyl sites for hydroxylation is 1. The zero-order valence-corrected chi connectivity index (χ0v) is 17.7. The predicted molar refractivity (Wildman–Crippen MR) is 118 cm³/mol. The standard InChI is InChI=1S/C23H29N5O2/c1-27-16-18(20-5-3-4-6-21(20)27)7-10-24-13-17-8-11-28(12-9-17)23-25-14-19(15-26-23)22(29)30-2/h3-6,14-17,24H,7-13H2,1-2H3. The minimum absolute atomic E-state index is 0.381. The van der Waals surface area contributed by atoms with Crippen LogP contribution in [-0.4, -0.2) is 53.8 Å². The highest BCUT2D eigenvalue weighted by molar-refractivity contribution is 5.88. The average Bonchev–Trinajstić information content (AvgIpc) is 3.12. The van der Waals surface area contributed by atoms with Gasteiger partial charge >= 0.3 is 5.97 Å². The molecule has 0 bridgehead atoms. The normalized spacial score (nSPS) is 14.9. The fourth-order valence-electron chi connectivity index (χ4n) is 4.20. The third-order valence-corrected chi connectivity index (χ3v) is 5.94. The summed E-state index contributed by atoms with van der Waals surface area (Å²) in [6.45, 7) is 3.91. The van der Waals surface area contributed by atoms with Crippen molar-refractivity contribution >= 4 is 22.8 Å². The molecule has 7 heteroatoms. The van der Waals surface area contributed by atoms with Gasteiger partial charge in [0.2, 0.25) is 5.95 Å². The van der Waals surface area contributed by atoms with E-state index >= 15 is 0 Å². The average molecular weight is 408 g/mol. The van der Waals surface area contributed by atoms with Gasteiger partial charge in [-0.1, -0.05) is 18.2 Å². The van der Waals surface area contributed by atoms with Gasteiger partial charge in [0.15, 0.2) is 0 Å². The van der Waals surface area contributed by atoms with Crippen molar-refractivity contribution in [3.8, 4) is 0 Å². The Bertz CT molecular complexity index is 991. The molecule has 0 unspecified atom stereocenters. The number of anilines is 1. The van der Waals surface area contributed by atoms with Gasteiger partial charge in [0.1, 0.15) is 0 Å². The van der Waals surface area contributed by atoms with Crippen LogP contribution in [0.5, 0.6) is 0 Å². The molecule has 0 amide bonds. The van der Waals surface area contributed by atoms with Crippen LogP contribution in [0.3, 0.4) is 0 Å². The van der Waals surface area contributed by atoms with Gasteiger partial charge in [0, 0.05) is 49.6 Å². The number of carbonyl (C=O) groups excluding carboxylic acids is 1. The predicted octanol–water partition coefficient (Wildman–Crippen LogP) is 2.80. The molecule has 0 spiro atoms. The highest BCUT2D eigenvalue weighted by Crippen LogP contribution is 2.22. The molecule has 30 heavy (non-hydrogen) atoms. The second-order valence-electron chi connectivity index (χ2n) is 7.93. The first-order valence-corrected chi connectivity index (χ1v) is 10.5. The van der Waals surface area contributed by atoms with Crippen LogP contribution in [0.2, 0.25) is 0 Å². The third-order valence-electron chi connectivity index (χ3n) is 5.94. The van der Waals surface area contributed by atoms with E-state index in [-0.39, 0.29) is 0 Å². The van der Waals surface area contributed by atoms with Gasteiger partial charge < -0.3 is 19.5 Å². The molecular weight excluding hydrogens is 378 g/mol. The Hall–Kier alpha value is -2.93. The summed E-state index contributed by atoms with van der Waals surface area (Å²) >= 11 is 0. The van der Waals surface area contributed by atoms with Crippen molar-refractivity contribution in [3.63, 3.8) is 0 Å². The maximum absolute atomic E-state index is 11.5. The number of aromatic nitrogens is 3. The summed E-state index contributed by atoms with van der Waals surface area (Å²) in [5.41, 5.74) is 3.08. The SMILES string of the molecule is COC(=O)c1cnc(N2CCC(CNCCc3cn(C)c4ccccc34)CC2)nc1. The monoisotopic (exact) mass is 407 g/mol. The minimum Gasteiger partial charge on any atom is -0.465 e. The highest BCUT2D eigenvalue weighted by Gasteiger charge is 2.21. The third kappa shape index (κ3) is 4.46. The Morgan fingerprint density at radius 1 is 1.20 bits per heavy atom. The number of ether oxygens (including phenoxy) is 1. The van der Waals surface area contributed by atoms with E-state index in [1.807, 2.05) is 0 Å². The lowest BCUT2D eigenvalue weighted by molar-refractivity contribution is 0.0600. The Morgan fingerprint density at radius 2 is 1.93 bits per heavy atom. The number of carbonyl (C=O) groups is 1. The van der Waals surface area contributed by atoms with Gasteiger partial charge in [0.05, 0.1) is 12.7 Å². The molecule has 1 aliphatic heterocycles. The summed E-state index contributed by atoms with van der Waals surface area (Å²) in [6.07, 6.45) is 8.59. The Labute approximate surface area is 177 Å². The number of fused-ring (bicyclic) bond motifs is 1. The zero-order valence-electron chi connectivity index (χ0n) is 17.7. The Kier molecular flexibility index (Phi) is 6.28. The van der Waals surface area contributed by atoms with Crippen molar-refractivity contribution in [3.05, 3.63) is 54.0 Å². The minimum atomic E-state index is -0.408. The molecule has 0 saturated carbocycles. The molecule has 1 fully saturated rings. The molecule has 4 rings (SSSR count). The largest absolute Gasteiger partial charge is 0.465 e. The van der Waals surface area contributed by atoms with E-state index in [1.165, 1.54) is 36.0 Å². The van der Waals surface area contributed by atoms with Crippen LogP contribution >= 0.6 is 0 Å². The number of methoxy groups -OCH3 is 1. The number of esters is 1. The number of nitrogens with one attached hydrogen (secondary N) is 1. The van der Waals surface area contributed by atoms with Crippen LogP contribution in [0.15, 0.2) is 42.9 Å². The number of benzene rings is 1. The van der Waals surface area contributed by atoms with E-state index in [9.17, 15) is 4.79 Å². The maximum Gasteiger partial charge on any atom is 0.341 e. The van der Waals surface area contributed by atoms with Crippen LogP contribution in [0, 0.1) is 5.92 Å². The fourth-order valence-corrected chi connectivity index (χ4v) is 4.20. The van der Waals surface area contributed by atoms with Crippen LogP contribution in [0.25, 0.3) is 10.9 Å². The molecule has 1 aliphatic rings. The highest BCUT2D eigenvalue weighted by atomic mass is 16.5. The molecule has 1 aromatic carbocycles. The van der Waals surface area contributed by atoms with Gasteiger partial charge in [-0.25, -0.2) is 14.8 Å². The van der Waals surface area contributed by atoms with Crippen molar-refractivity contribution in [2.45, 2.75) is 19.3 Å². The number of para-hydroxylation sites is 1. The van der Waals surface area contributed by atoms with E-state index in [0.717, 1.165) is 45.4 Å². The van der Waals surface area contributed by atoms with Crippen LogP contribution in [-0.2, 0) is 18.2 Å². The lowest BCUT2D eigenvalue weighted by Gasteiger charge is -2.32.